The van der Waals surface area contributed by atoms with Crippen LogP contribution < -0.4 is 5.32 Å². The van der Waals surface area contributed by atoms with Crippen molar-refractivity contribution in [3.8, 4) is 12.3 Å². The van der Waals surface area contributed by atoms with E-state index in [2.05, 4.69) is 16.2 Å². The lowest BCUT2D eigenvalue weighted by Gasteiger charge is -2.13. The second kappa shape index (κ2) is 4.91. The molecular weight excluding hydrogens is 222 g/mol. The maximum atomic E-state index is 5.81. The van der Waals surface area contributed by atoms with Crippen LogP contribution in [0.5, 0.6) is 0 Å². The topological polar surface area (TPSA) is 27.6 Å². The van der Waals surface area contributed by atoms with Crippen LogP contribution in [0.1, 0.15) is 0 Å². The lowest BCUT2D eigenvalue weighted by Crippen LogP contribution is -2.30. The highest BCUT2D eigenvalue weighted by atomic mass is 35.5. The molecule has 1 aliphatic heterocycles. The van der Waals surface area contributed by atoms with Crippen LogP contribution in [0.25, 0.3) is 0 Å². The van der Waals surface area contributed by atoms with Crippen molar-refractivity contribution in [1.29, 1.82) is 0 Å². The molecule has 0 radical (unpaired) electrons. The van der Waals surface area contributed by atoms with Gasteiger partial charge < -0.3 is 10.2 Å². The summed E-state index contributed by atoms with van der Waals surface area (Å²) in [6.45, 7) is 2.37. The number of nitrogens with one attached hydrogen (secondary N) is 1. The van der Waals surface area contributed by atoms with E-state index in [4.69, 9.17) is 18.0 Å². The predicted octanol–water partition coefficient (Wildman–Crippen LogP) is 1.87. The first-order valence-electron chi connectivity index (χ1n) is 5.06. The summed E-state index contributed by atoms with van der Waals surface area (Å²) in [7, 11) is 0. The van der Waals surface area contributed by atoms with E-state index in [0.29, 0.717) is 11.6 Å². The lowest BCUT2D eigenvalue weighted by atomic mass is 10.3. The summed E-state index contributed by atoms with van der Waals surface area (Å²) < 4.78 is 0. The molecule has 16 heavy (non-hydrogen) atoms. The molecule has 1 aromatic rings. The van der Waals surface area contributed by atoms with Crippen molar-refractivity contribution < 1.29 is 0 Å². The van der Waals surface area contributed by atoms with Crippen LogP contribution in [-0.4, -0.2) is 30.5 Å². The van der Waals surface area contributed by atoms with Gasteiger partial charge in [0.05, 0.1) is 12.2 Å². The molecule has 1 heterocycles. The zero-order valence-electron chi connectivity index (χ0n) is 8.78. The number of aliphatic imine (C=N–C) groups is 1. The molecule has 0 aromatic heterocycles. The molecule has 0 aliphatic carbocycles. The molecule has 1 fully saturated rings. The Kier molecular flexibility index (Phi) is 3.33. The van der Waals surface area contributed by atoms with Gasteiger partial charge in [0.2, 0.25) is 0 Å². The fraction of sp³-hybridized carbons (Fsp3) is 0.250. The van der Waals surface area contributed by atoms with Gasteiger partial charge in [0.15, 0.2) is 5.96 Å². The van der Waals surface area contributed by atoms with E-state index in [1.807, 2.05) is 29.2 Å². The Morgan fingerprint density at radius 2 is 2.19 bits per heavy atom. The number of guanidine groups is 1. The molecule has 0 bridgehead atoms. The smallest absolute Gasteiger partial charge is 0.200 e. The molecule has 2 rings (SSSR count). The van der Waals surface area contributed by atoms with Crippen LogP contribution in [0.2, 0.25) is 5.02 Å². The minimum Gasteiger partial charge on any atom is -0.354 e. The van der Waals surface area contributed by atoms with Crippen molar-refractivity contribution in [3.05, 3.63) is 29.3 Å². The van der Waals surface area contributed by atoms with Gasteiger partial charge in [0.25, 0.3) is 0 Å². The summed E-state index contributed by atoms with van der Waals surface area (Å²) in [5, 5.41) is 3.91. The molecule has 0 saturated carbocycles. The third-order valence-electron chi connectivity index (χ3n) is 2.31. The van der Waals surface area contributed by atoms with Gasteiger partial charge in [0, 0.05) is 18.1 Å². The molecule has 0 atom stereocenters. The maximum absolute atomic E-state index is 5.81. The molecule has 3 nitrogen and oxygen atoms in total. The van der Waals surface area contributed by atoms with Crippen LogP contribution >= 0.6 is 11.6 Å². The van der Waals surface area contributed by atoms with E-state index in [1.54, 1.807) is 0 Å². The first-order valence-corrected chi connectivity index (χ1v) is 5.44. The number of nitrogens with zero attached hydrogens (tertiary/aromatic N) is 2. The highest BCUT2D eigenvalue weighted by molar-refractivity contribution is 6.30. The molecule has 1 aromatic carbocycles. The fourth-order valence-electron chi connectivity index (χ4n) is 1.53. The second-order valence-electron chi connectivity index (χ2n) is 3.46. The minimum atomic E-state index is 0.583. The van der Waals surface area contributed by atoms with Gasteiger partial charge in [-0.05, 0) is 24.3 Å². The van der Waals surface area contributed by atoms with Crippen LogP contribution in [0.3, 0.4) is 0 Å². The Morgan fingerprint density at radius 1 is 1.44 bits per heavy atom. The second-order valence-corrected chi connectivity index (χ2v) is 3.90. The van der Waals surface area contributed by atoms with Gasteiger partial charge in [-0.3, -0.25) is 0 Å². The molecule has 1 aliphatic rings. The Balaban J connectivity index is 2.17. The lowest BCUT2D eigenvalue weighted by molar-refractivity contribution is 0.521. The number of terminal acetylenes is 1. The SMILES string of the molecule is C#CCN1CCN/C1=N\c1ccc(Cl)cc1. The van der Waals surface area contributed by atoms with Gasteiger partial charge >= 0.3 is 0 Å². The molecule has 82 valence electrons. The number of hydrogen-bond donors (Lipinski definition) is 1. The molecule has 4 heteroatoms. The van der Waals surface area contributed by atoms with Crippen molar-refractivity contribution in [2.45, 2.75) is 0 Å². The summed E-state index contributed by atoms with van der Waals surface area (Å²) in [4.78, 5) is 6.51. The number of benzene rings is 1. The highest BCUT2D eigenvalue weighted by Crippen LogP contribution is 2.17. The Labute approximate surface area is 100 Å². The van der Waals surface area contributed by atoms with E-state index in [9.17, 15) is 0 Å². The van der Waals surface area contributed by atoms with Gasteiger partial charge in [-0.15, -0.1) is 6.42 Å². The first-order chi connectivity index (χ1) is 7.79. The Hall–Kier alpha value is -1.66. The average Bonchev–Trinajstić information content (AvgIpc) is 2.70. The molecule has 0 unspecified atom stereocenters. The van der Waals surface area contributed by atoms with Crippen LogP contribution in [0.4, 0.5) is 5.69 Å². The Morgan fingerprint density at radius 3 is 2.88 bits per heavy atom. The zero-order chi connectivity index (χ0) is 11.4. The quantitative estimate of drug-likeness (QED) is 0.790. The van der Waals surface area contributed by atoms with Crippen molar-refractivity contribution in [2.75, 3.05) is 19.6 Å². The van der Waals surface area contributed by atoms with E-state index < -0.39 is 0 Å². The third-order valence-corrected chi connectivity index (χ3v) is 2.56. The van der Waals surface area contributed by atoms with E-state index in [1.165, 1.54) is 0 Å². The summed E-state index contributed by atoms with van der Waals surface area (Å²) in [6, 6.07) is 7.40. The summed E-state index contributed by atoms with van der Waals surface area (Å²) in [6.07, 6.45) is 5.29. The van der Waals surface area contributed by atoms with Crippen LogP contribution in [0.15, 0.2) is 29.3 Å². The normalized spacial score (nSPS) is 17.2. The van der Waals surface area contributed by atoms with E-state index >= 15 is 0 Å². The van der Waals surface area contributed by atoms with E-state index in [-0.39, 0.29) is 0 Å². The van der Waals surface area contributed by atoms with Crippen molar-refractivity contribution in [3.63, 3.8) is 0 Å². The maximum Gasteiger partial charge on any atom is 0.200 e. The Bertz CT molecular complexity index is 431. The zero-order valence-corrected chi connectivity index (χ0v) is 9.54. The summed E-state index contributed by atoms with van der Waals surface area (Å²) >= 11 is 5.81. The predicted molar refractivity (Wildman–Crippen MR) is 67.0 cm³/mol. The third kappa shape index (κ3) is 2.47. The number of hydrogen-bond acceptors (Lipinski definition) is 1. The fourth-order valence-corrected chi connectivity index (χ4v) is 1.66. The van der Waals surface area contributed by atoms with Crippen molar-refractivity contribution >= 4 is 23.2 Å². The van der Waals surface area contributed by atoms with Crippen LogP contribution in [0, 0.1) is 12.3 Å². The van der Waals surface area contributed by atoms with Crippen LogP contribution in [-0.2, 0) is 0 Å². The largest absolute Gasteiger partial charge is 0.354 e. The standard InChI is InChI=1S/C12H12ClN3/c1-2-8-16-9-7-14-12(16)15-11-5-3-10(13)4-6-11/h1,3-6H,7-9H2,(H,14,15). The highest BCUT2D eigenvalue weighted by Gasteiger charge is 2.16. The molecule has 0 spiro atoms. The molecule has 1 N–H and O–H groups in total. The van der Waals surface area contributed by atoms with Gasteiger partial charge in [0.1, 0.15) is 0 Å². The molecular formula is C12H12ClN3. The van der Waals surface area contributed by atoms with Crippen molar-refractivity contribution in [2.24, 2.45) is 4.99 Å². The van der Waals surface area contributed by atoms with Crippen molar-refractivity contribution in [1.82, 2.24) is 10.2 Å². The first kappa shape index (κ1) is 10.8. The van der Waals surface area contributed by atoms with E-state index in [0.717, 1.165) is 24.7 Å². The monoisotopic (exact) mass is 233 g/mol. The summed E-state index contributed by atoms with van der Waals surface area (Å²) in [5.41, 5.74) is 0.871. The minimum absolute atomic E-state index is 0.583. The van der Waals surface area contributed by atoms with Gasteiger partial charge in [-0.25, -0.2) is 4.99 Å². The van der Waals surface area contributed by atoms with Gasteiger partial charge in [-0.1, -0.05) is 17.5 Å². The summed E-state index contributed by atoms with van der Waals surface area (Å²) in [5.74, 6) is 3.45. The number of halogens is 1. The number of rotatable bonds is 2. The average molecular weight is 234 g/mol. The molecule has 1 saturated heterocycles. The molecule has 0 amide bonds. The van der Waals surface area contributed by atoms with Gasteiger partial charge in [-0.2, -0.15) is 0 Å².